The summed E-state index contributed by atoms with van der Waals surface area (Å²) < 4.78 is 10.7. The van der Waals surface area contributed by atoms with Gasteiger partial charge in [0.1, 0.15) is 11.5 Å². The molecule has 1 aromatic carbocycles. The molecule has 98 valence electrons. The van der Waals surface area contributed by atoms with Gasteiger partial charge in [-0.2, -0.15) is 0 Å². The molecule has 18 heavy (non-hydrogen) atoms. The second-order valence-corrected chi connectivity index (χ2v) is 4.44. The molecular formula is C14H19NO3. The van der Waals surface area contributed by atoms with E-state index >= 15 is 0 Å². The van der Waals surface area contributed by atoms with Crippen LogP contribution >= 0.6 is 0 Å². The zero-order valence-electron chi connectivity index (χ0n) is 10.9. The Morgan fingerprint density at radius 1 is 1.39 bits per heavy atom. The van der Waals surface area contributed by atoms with Gasteiger partial charge in [-0.3, -0.25) is 4.79 Å². The van der Waals surface area contributed by atoms with Gasteiger partial charge in [0.2, 0.25) is 0 Å². The van der Waals surface area contributed by atoms with Crippen molar-refractivity contribution in [1.29, 1.82) is 0 Å². The highest BCUT2D eigenvalue weighted by Gasteiger charge is 2.18. The molecule has 0 unspecified atom stereocenters. The van der Waals surface area contributed by atoms with Crippen molar-refractivity contribution in [2.45, 2.75) is 13.3 Å². The zero-order valence-corrected chi connectivity index (χ0v) is 10.9. The SMILES string of the molecule is COc1cccc(N2CCOCC2)c1CC(C)=O. The number of anilines is 1. The quantitative estimate of drug-likeness (QED) is 0.813. The average Bonchev–Trinajstić information content (AvgIpc) is 2.39. The van der Waals surface area contributed by atoms with Crippen molar-refractivity contribution in [3.8, 4) is 5.75 Å². The van der Waals surface area contributed by atoms with Gasteiger partial charge in [-0.05, 0) is 19.1 Å². The third-order valence-electron chi connectivity index (χ3n) is 3.11. The molecule has 1 aliphatic heterocycles. The van der Waals surface area contributed by atoms with E-state index in [2.05, 4.69) is 4.90 Å². The van der Waals surface area contributed by atoms with Crippen molar-refractivity contribution in [3.63, 3.8) is 0 Å². The number of methoxy groups -OCH3 is 1. The lowest BCUT2D eigenvalue weighted by Gasteiger charge is -2.31. The summed E-state index contributed by atoms with van der Waals surface area (Å²) in [5, 5.41) is 0. The molecule has 0 saturated carbocycles. The number of morpholine rings is 1. The van der Waals surface area contributed by atoms with Crippen LogP contribution in [0, 0.1) is 0 Å². The Balaban J connectivity index is 2.34. The van der Waals surface area contributed by atoms with E-state index < -0.39 is 0 Å². The molecule has 1 aliphatic rings. The molecule has 4 heteroatoms. The minimum Gasteiger partial charge on any atom is -0.496 e. The van der Waals surface area contributed by atoms with Gasteiger partial charge in [-0.25, -0.2) is 0 Å². The van der Waals surface area contributed by atoms with Gasteiger partial charge in [0, 0.05) is 30.8 Å². The van der Waals surface area contributed by atoms with Crippen molar-refractivity contribution in [2.75, 3.05) is 38.3 Å². The lowest BCUT2D eigenvalue weighted by Crippen LogP contribution is -2.37. The van der Waals surface area contributed by atoms with E-state index in [1.54, 1.807) is 14.0 Å². The van der Waals surface area contributed by atoms with Crippen LogP contribution in [0.25, 0.3) is 0 Å². The summed E-state index contributed by atoms with van der Waals surface area (Å²) in [6.45, 7) is 4.79. The first kappa shape index (κ1) is 12.9. The van der Waals surface area contributed by atoms with Gasteiger partial charge in [-0.1, -0.05) is 6.07 Å². The van der Waals surface area contributed by atoms with Gasteiger partial charge in [-0.15, -0.1) is 0 Å². The van der Waals surface area contributed by atoms with Gasteiger partial charge in [0.05, 0.1) is 20.3 Å². The Morgan fingerprint density at radius 3 is 2.72 bits per heavy atom. The molecule has 0 amide bonds. The summed E-state index contributed by atoms with van der Waals surface area (Å²) in [6.07, 6.45) is 0.413. The van der Waals surface area contributed by atoms with Gasteiger partial charge in [0.25, 0.3) is 0 Å². The predicted molar refractivity (Wildman–Crippen MR) is 70.4 cm³/mol. The maximum absolute atomic E-state index is 11.4. The first-order valence-corrected chi connectivity index (χ1v) is 6.20. The van der Waals surface area contributed by atoms with Crippen LogP contribution in [0.15, 0.2) is 18.2 Å². The van der Waals surface area contributed by atoms with Crippen LogP contribution in [0.5, 0.6) is 5.75 Å². The fraction of sp³-hybridized carbons (Fsp3) is 0.500. The number of hydrogen-bond acceptors (Lipinski definition) is 4. The Labute approximate surface area is 107 Å². The minimum atomic E-state index is 0.147. The largest absolute Gasteiger partial charge is 0.496 e. The smallest absolute Gasteiger partial charge is 0.134 e. The lowest BCUT2D eigenvalue weighted by molar-refractivity contribution is -0.116. The molecule has 2 rings (SSSR count). The van der Waals surface area contributed by atoms with E-state index in [0.717, 1.165) is 43.3 Å². The van der Waals surface area contributed by atoms with Gasteiger partial charge < -0.3 is 14.4 Å². The summed E-state index contributed by atoms with van der Waals surface area (Å²) in [7, 11) is 1.64. The standard InChI is InChI=1S/C14H19NO3/c1-11(16)10-12-13(4-3-5-14(12)17-2)15-6-8-18-9-7-15/h3-5H,6-10H2,1-2H3. The molecule has 0 atom stereocenters. The third kappa shape index (κ3) is 2.82. The Hall–Kier alpha value is -1.55. The molecule has 4 nitrogen and oxygen atoms in total. The average molecular weight is 249 g/mol. The number of nitrogens with zero attached hydrogens (tertiary/aromatic N) is 1. The van der Waals surface area contributed by atoms with Crippen LogP contribution < -0.4 is 9.64 Å². The minimum absolute atomic E-state index is 0.147. The molecule has 0 aromatic heterocycles. The molecular weight excluding hydrogens is 230 g/mol. The summed E-state index contributed by atoms with van der Waals surface area (Å²) in [5.41, 5.74) is 2.07. The fourth-order valence-corrected chi connectivity index (χ4v) is 2.27. The number of carbonyl (C=O) groups excluding carboxylic acids is 1. The molecule has 1 heterocycles. The van der Waals surface area contributed by atoms with Crippen LogP contribution in [-0.4, -0.2) is 39.2 Å². The fourth-order valence-electron chi connectivity index (χ4n) is 2.27. The van der Waals surface area contributed by atoms with Crippen molar-refractivity contribution < 1.29 is 14.3 Å². The van der Waals surface area contributed by atoms with Crippen molar-refractivity contribution in [3.05, 3.63) is 23.8 Å². The van der Waals surface area contributed by atoms with Crippen molar-refractivity contribution >= 4 is 11.5 Å². The number of ether oxygens (including phenoxy) is 2. The Morgan fingerprint density at radius 2 is 2.11 bits per heavy atom. The third-order valence-corrected chi connectivity index (χ3v) is 3.11. The number of carbonyl (C=O) groups is 1. The summed E-state index contributed by atoms with van der Waals surface area (Å²) in [5.74, 6) is 0.934. The van der Waals surface area contributed by atoms with Crippen molar-refractivity contribution in [1.82, 2.24) is 0 Å². The second kappa shape index (κ2) is 5.87. The first-order valence-electron chi connectivity index (χ1n) is 6.20. The van der Waals surface area contributed by atoms with Crippen LogP contribution in [0.3, 0.4) is 0 Å². The summed E-state index contributed by atoms with van der Waals surface area (Å²) in [4.78, 5) is 13.7. The highest BCUT2D eigenvalue weighted by atomic mass is 16.5. The van der Waals surface area contributed by atoms with E-state index in [0.29, 0.717) is 6.42 Å². The van der Waals surface area contributed by atoms with Crippen molar-refractivity contribution in [2.24, 2.45) is 0 Å². The Kier molecular flexibility index (Phi) is 4.20. The normalized spacial score (nSPS) is 15.6. The molecule has 1 saturated heterocycles. The molecule has 1 fully saturated rings. The number of hydrogen-bond donors (Lipinski definition) is 0. The van der Waals surface area contributed by atoms with Gasteiger partial charge >= 0.3 is 0 Å². The summed E-state index contributed by atoms with van der Waals surface area (Å²) in [6, 6.07) is 5.92. The molecule has 0 aliphatic carbocycles. The highest BCUT2D eigenvalue weighted by molar-refractivity contribution is 5.81. The van der Waals surface area contributed by atoms with Crippen LogP contribution in [-0.2, 0) is 16.0 Å². The van der Waals surface area contributed by atoms with E-state index in [9.17, 15) is 4.79 Å². The zero-order chi connectivity index (χ0) is 13.0. The van der Waals surface area contributed by atoms with E-state index in [1.807, 2.05) is 18.2 Å². The number of ketones is 1. The first-order chi connectivity index (χ1) is 8.72. The molecule has 0 spiro atoms. The Bertz CT molecular complexity index is 425. The van der Waals surface area contributed by atoms with Crippen LogP contribution in [0.2, 0.25) is 0 Å². The number of rotatable bonds is 4. The second-order valence-electron chi connectivity index (χ2n) is 4.44. The number of benzene rings is 1. The molecule has 1 aromatic rings. The van der Waals surface area contributed by atoms with Crippen LogP contribution in [0.4, 0.5) is 5.69 Å². The lowest BCUT2D eigenvalue weighted by atomic mass is 10.0. The molecule has 0 bridgehead atoms. The topological polar surface area (TPSA) is 38.8 Å². The van der Waals surface area contributed by atoms with Gasteiger partial charge in [0.15, 0.2) is 0 Å². The highest BCUT2D eigenvalue weighted by Crippen LogP contribution is 2.30. The number of Topliss-reactive ketones (excluding diaryl/α,β-unsaturated/α-hetero) is 1. The van der Waals surface area contributed by atoms with E-state index in [1.165, 1.54) is 0 Å². The summed E-state index contributed by atoms with van der Waals surface area (Å²) >= 11 is 0. The maximum Gasteiger partial charge on any atom is 0.134 e. The molecule has 0 radical (unpaired) electrons. The molecule has 0 N–H and O–H groups in total. The predicted octanol–water partition coefficient (Wildman–Crippen LogP) is 1.66. The van der Waals surface area contributed by atoms with E-state index in [4.69, 9.17) is 9.47 Å². The van der Waals surface area contributed by atoms with E-state index in [-0.39, 0.29) is 5.78 Å². The maximum atomic E-state index is 11.4. The van der Waals surface area contributed by atoms with Crippen LogP contribution in [0.1, 0.15) is 12.5 Å². The monoisotopic (exact) mass is 249 g/mol.